The van der Waals surface area contributed by atoms with Crippen LogP contribution in [0.5, 0.6) is 0 Å². The van der Waals surface area contributed by atoms with Gasteiger partial charge in [-0.1, -0.05) is 0 Å². The van der Waals surface area contributed by atoms with E-state index in [9.17, 15) is 19.2 Å². The fourth-order valence-electron chi connectivity index (χ4n) is 3.71. The van der Waals surface area contributed by atoms with E-state index < -0.39 is 17.1 Å². The Labute approximate surface area is 166 Å². The number of halogens is 1. The summed E-state index contributed by atoms with van der Waals surface area (Å²) in [4.78, 5) is 33.9. The quantitative estimate of drug-likeness (QED) is 0.807. The molecule has 8 nitrogen and oxygen atoms in total. The van der Waals surface area contributed by atoms with E-state index in [2.05, 4.69) is 26.7 Å². The van der Waals surface area contributed by atoms with Crippen molar-refractivity contribution in [2.75, 3.05) is 22.1 Å². The van der Waals surface area contributed by atoms with E-state index in [4.69, 9.17) is 0 Å². The van der Waals surface area contributed by atoms with Crippen molar-refractivity contribution in [1.29, 1.82) is 5.26 Å². The molecule has 1 atom stereocenters. The van der Waals surface area contributed by atoms with Crippen LogP contribution < -0.4 is 15.5 Å². The lowest BCUT2D eigenvalue weighted by molar-refractivity contribution is -0.123. The molecule has 2 aliphatic rings. The number of rotatable bonds is 5. The van der Waals surface area contributed by atoms with E-state index in [-0.39, 0.29) is 23.3 Å². The molecule has 29 heavy (non-hydrogen) atoms. The van der Waals surface area contributed by atoms with Crippen LogP contribution in [0.15, 0.2) is 30.6 Å². The summed E-state index contributed by atoms with van der Waals surface area (Å²) < 4.78 is 13.8. The predicted molar refractivity (Wildman–Crippen MR) is 104 cm³/mol. The highest BCUT2D eigenvalue weighted by atomic mass is 19.1. The minimum Gasteiger partial charge on any atom is -0.325 e. The average Bonchev–Trinajstić information content (AvgIpc) is 3.48. The Kier molecular flexibility index (Phi) is 4.62. The fourth-order valence-corrected chi connectivity index (χ4v) is 3.71. The number of hydrogen-bond acceptors (Lipinski definition) is 6. The van der Waals surface area contributed by atoms with Gasteiger partial charge >= 0.3 is 0 Å². The van der Waals surface area contributed by atoms with Crippen LogP contribution in [0.3, 0.4) is 0 Å². The standard InChI is InChI=1S/C20H19FN6O2/c1-12(28)25-16-9-18(24-10-15(16)21)26-17-8-14(4-6-23-17)27-7-5-20(11-22,19(27)29)13-2-3-13/h4,6,8-10,13H,2-3,5,7H2,1H3,(H2,23,24,25,26,28)/t20-/m1/s1. The number of nitriles is 1. The van der Waals surface area contributed by atoms with Crippen molar-refractivity contribution >= 4 is 34.8 Å². The largest absolute Gasteiger partial charge is 0.325 e. The van der Waals surface area contributed by atoms with Gasteiger partial charge in [0.15, 0.2) is 5.82 Å². The van der Waals surface area contributed by atoms with Crippen molar-refractivity contribution < 1.29 is 14.0 Å². The zero-order valence-electron chi connectivity index (χ0n) is 15.8. The van der Waals surface area contributed by atoms with Crippen molar-refractivity contribution in [3.8, 4) is 6.07 Å². The van der Waals surface area contributed by atoms with Crippen molar-refractivity contribution in [1.82, 2.24) is 9.97 Å². The highest BCUT2D eigenvalue weighted by Crippen LogP contribution is 2.51. The van der Waals surface area contributed by atoms with E-state index in [1.807, 2.05) is 0 Å². The third kappa shape index (κ3) is 3.49. The third-order valence-corrected chi connectivity index (χ3v) is 5.31. The molecule has 1 saturated carbocycles. The molecule has 0 spiro atoms. The molecule has 0 bridgehead atoms. The number of carbonyl (C=O) groups is 2. The number of amides is 2. The van der Waals surface area contributed by atoms with Crippen LogP contribution >= 0.6 is 0 Å². The van der Waals surface area contributed by atoms with Crippen LogP contribution in [0.2, 0.25) is 0 Å². The van der Waals surface area contributed by atoms with Gasteiger partial charge < -0.3 is 15.5 Å². The lowest BCUT2D eigenvalue weighted by atomic mass is 9.83. The maximum atomic E-state index is 13.8. The number of nitrogens with zero attached hydrogens (tertiary/aromatic N) is 4. The molecule has 2 aromatic heterocycles. The van der Waals surface area contributed by atoms with Gasteiger partial charge in [0.05, 0.1) is 18.0 Å². The van der Waals surface area contributed by atoms with Crippen molar-refractivity contribution in [2.45, 2.75) is 26.2 Å². The van der Waals surface area contributed by atoms with E-state index >= 15 is 0 Å². The summed E-state index contributed by atoms with van der Waals surface area (Å²) in [7, 11) is 0. The van der Waals surface area contributed by atoms with Gasteiger partial charge in [-0.3, -0.25) is 9.59 Å². The first-order valence-electron chi connectivity index (χ1n) is 9.32. The van der Waals surface area contributed by atoms with E-state index in [1.54, 1.807) is 23.2 Å². The topological polar surface area (TPSA) is 111 Å². The van der Waals surface area contributed by atoms with Gasteiger partial charge in [0.25, 0.3) is 0 Å². The van der Waals surface area contributed by atoms with Gasteiger partial charge in [-0.25, -0.2) is 14.4 Å². The summed E-state index contributed by atoms with van der Waals surface area (Å²) in [5, 5.41) is 15.0. The Balaban J connectivity index is 1.55. The van der Waals surface area contributed by atoms with Gasteiger partial charge in [0.1, 0.15) is 17.1 Å². The second-order valence-corrected chi connectivity index (χ2v) is 7.32. The van der Waals surface area contributed by atoms with Crippen LogP contribution in [0, 0.1) is 28.5 Å². The number of hydrogen-bond donors (Lipinski definition) is 2. The molecule has 0 aromatic carbocycles. The minimum atomic E-state index is -0.914. The summed E-state index contributed by atoms with van der Waals surface area (Å²) >= 11 is 0. The number of aromatic nitrogens is 2. The van der Waals surface area contributed by atoms with Gasteiger partial charge in [-0.15, -0.1) is 0 Å². The van der Waals surface area contributed by atoms with Gasteiger partial charge in [0, 0.05) is 37.5 Å². The maximum Gasteiger partial charge on any atom is 0.247 e. The molecular weight excluding hydrogens is 375 g/mol. The van der Waals surface area contributed by atoms with Crippen LogP contribution in [0.4, 0.5) is 27.4 Å². The maximum absolute atomic E-state index is 13.8. The Morgan fingerprint density at radius 3 is 2.79 bits per heavy atom. The van der Waals surface area contributed by atoms with Crippen molar-refractivity contribution in [2.24, 2.45) is 11.3 Å². The number of nitrogens with one attached hydrogen (secondary N) is 2. The molecule has 3 heterocycles. The first kappa shape index (κ1) is 18.8. The van der Waals surface area contributed by atoms with E-state index in [0.717, 1.165) is 19.0 Å². The second kappa shape index (κ2) is 7.13. The van der Waals surface area contributed by atoms with E-state index in [0.29, 0.717) is 24.5 Å². The predicted octanol–water partition coefficient (Wildman–Crippen LogP) is 2.97. The summed E-state index contributed by atoms with van der Waals surface area (Å²) in [5.74, 6) is -0.359. The minimum absolute atomic E-state index is 0.00381. The SMILES string of the molecule is CC(=O)Nc1cc(Nc2cc(N3CC[C@@](C#N)(C4CC4)C3=O)ccn2)ncc1F. The second-order valence-electron chi connectivity index (χ2n) is 7.32. The molecule has 2 N–H and O–H groups in total. The van der Waals surface area contributed by atoms with Gasteiger partial charge in [0.2, 0.25) is 11.8 Å². The van der Waals surface area contributed by atoms with Gasteiger partial charge in [-0.2, -0.15) is 5.26 Å². The number of pyridine rings is 2. The highest BCUT2D eigenvalue weighted by molar-refractivity contribution is 6.02. The molecule has 2 amide bonds. The van der Waals surface area contributed by atoms with Crippen LogP contribution in [0.1, 0.15) is 26.2 Å². The molecule has 0 unspecified atom stereocenters. The summed E-state index contributed by atoms with van der Waals surface area (Å²) in [6, 6.07) is 7.02. The van der Waals surface area contributed by atoms with Crippen LogP contribution in [-0.2, 0) is 9.59 Å². The number of anilines is 4. The molecule has 148 valence electrons. The molecule has 0 radical (unpaired) electrons. The lowest BCUT2D eigenvalue weighted by Gasteiger charge is -2.21. The zero-order chi connectivity index (χ0) is 20.6. The molecule has 1 aliphatic heterocycles. The average molecular weight is 394 g/mol. The Hall–Kier alpha value is -3.54. The molecule has 2 fully saturated rings. The molecule has 4 rings (SSSR count). The van der Waals surface area contributed by atoms with E-state index in [1.165, 1.54) is 13.0 Å². The van der Waals surface area contributed by atoms with Crippen molar-refractivity contribution in [3.05, 3.63) is 36.4 Å². The lowest BCUT2D eigenvalue weighted by Crippen LogP contribution is -2.35. The molecule has 1 saturated heterocycles. The summed E-state index contributed by atoms with van der Waals surface area (Å²) in [5.41, 5.74) is -0.276. The molecular formula is C20H19FN6O2. The van der Waals surface area contributed by atoms with Crippen LogP contribution in [0.25, 0.3) is 0 Å². The molecule has 9 heteroatoms. The smallest absolute Gasteiger partial charge is 0.247 e. The Bertz CT molecular complexity index is 1030. The Morgan fingerprint density at radius 1 is 1.34 bits per heavy atom. The highest BCUT2D eigenvalue weighted by Gasteiger charge is 2.56. The van der Waals surface area contributed by atoms with Crippen LogP contribution in [-0.4, -0.2) is 28.3 Å². The monoisotopic (exact) mass is 394 g/mol. The fraction of sp³-hybridized carbons (Fsp3) is 0.350. The summed E-state index contributed by atoms with van der Waals surface area (Å²) in [6.07, 6.45) is 4.91. The first-order chi connectivity index (χ1) is 13.9. The normalized spacial score (nSPS) is 21.0. The summed E-state index contributed by atoms with van der Waals surface area (Å²) in [6.45, 7) is 1.77. The first-order valence-corrected chi connectivity index (χ1v) is 9.32. The Morgan fingerprint density at radius 2 is 2.10 bits per heavy atom. The van der Waals surface area contributed by atoms with Crippen molar-refractivity contribution in [3.63, 3.8) is 0 Å². The molecule has 2 aromatic rings. The molecule has 1 aliphatic carbocycles. The van der Waals surface area contributed by atoms with Gasteiger partial charge in [-0.05, 0) is 31.2 Å². The third-order valence-electron chi connectivity index (χ3n) is 5.31. The zero-order valence-corrected chi connectivity index (χ0v) is 15.8. The number of carbonyl (C=O) groups excluding carboxylic acids is 2.